The lowest BCUT2D eigenvalue weighted by molar-refractivity contribution is 0.0675. The van der Waals surface area contributed by atoms with Gasteiger partial charge in [-0.15, -0.1) is 0 Å². The van der Waals surface area contributed by atoms with E-state index < -0.39 is 0 Å². The molecule has 20 heavy (non-hydrogen) atoms. The van der Waals surface area contributed by atoms with E-state index >= 15 is 0 Å². The Hall–Kier alpha value is -1.62. The van der Waals surface area contributed by atoms with Gasteiger partial charge in [-0.3, -0.25) is 0 Å². The number of ether oxygens (including phenoxy) is 1. The first-order valence-electron chi connectivity index (χ1n) is 6.99. The second-order valence-corrected chi connectivity index (χ2v) is 5.88. The summed E-state index contributed by atoms with van der Waals surface area (Å²) in [5.74, 6) is 2.48. The molecule has 0 saturated heterocycles. The Kier molecular flexibility index (Phi) is 4.28. The van der Waals surface area contributed by atoms with Crippen LogP contribution in [0.1, 0.15) is 58.2 Å². The molecule has 0 fully saturated rings. The zero-order valence-electron chi connectivity index (χ0n) is 12.9. The molecule has 2 aromatic rings. The first-order chi connectivity index (χ1) is 9.41. The van der Waals surface area contributed by atoms with Crippen LogP contribution in [-0.2, 0) is 16.7 Å². The van der Waals surface area contributed by atoms with Crippen LogP contribution < -0.4 is 0 Å². The van der Waals surface area contributed by atoms with Crippen LogP contribution in [0.25, 0.3) is 0 Å². The molecular formula is C15H23N3O2. The highest BCUT2D eigenvalue weighted by Crippen LogP contribution is 2.23. The largest absolute Gasteiger partial charge is 0.443 e. The first kappa shape index (κ1) is 14.8. The van der Waals surface area contributed by atoms with Crippen molar-refractivity contribution in [1.82, 2.24) is 14.5 Å². The molecule has 0 bridgehead atoms. The molecule has 0 amide bonds. The van der Waals surface area contributed by atoms with Gasteiger partial charge >= 0.3 is 0 Å². The summed E-state index contributed by atoms with van der Waals surface area (Å²) in [6.45, 7) is 11.5. The molecular weight excluding hydrogens is 254 g/mol. The van der Waals surface area contributed by atoms with Gasteiger partial charge < -0.3 is 13.7 Å². The van der Waals surface area contributed by atoms with Crippen LogP contribution in [-0.4, -0.2) is 21.1 Å². The smallest absolute Gasteiger partial charge is 0.214 e. The van der Waals surface area contributed by atoms with Gasteiger partial charge in [0.05, 0.1) is 6.20 Å². The summed E-state index contributed by atoms with van der Waals surface area (Å²) in [6, 6.07) is 0. The van der Waals surface area contributed by atoms with E-state index in [1.54, 1.807) is 12.4 Å². The second kappa shape index (κ2) is 5.79. The van der Waals surface area contributed by atoms with E-state index in [0.717, 1.165) is 11.6 Å². The van der Waals surface area contributed by atoms with Gasteiger partial charge in [0.1, 0.15) is 24.2 Å². The molecule has 2 aromatic heterocycles. The Bertz CT molecular complexity index is 551. The molecule has 0 radical (unpaired) electrons. The zero-order chi connectivity index (χ0) is 14.8. The quantitative estimate of drug-likeness (QED) is 0.841. The van der Waals surface area contributed by atoms with Crippen molar-refractivity contribution in [1.29, 1.82) is 0 Å². The second-order valence-electron chi connectivity index (χ2n) is 5.88. The molecule has 5 heteroatoms. The lowest BCUT2D eigenvalue weighted by Gasteiger charge is -2.14. The molecule has 0 spiro atoms. The molecule has 0 unspecified atom stereocenters. The number of imidazole rings is 1. The van der Waals surface area contributed by atoms with E-state index in [-0.39, 0.29) is 11.5 Å². The highest BCUT2D eigenvalue weighted by molar-refractivity contribution is 5.07. The molecule has 0 aliphatic carbocycles. The third kappa shape index (κ3) is 3.28. The summed E-state index contributed by atoms with van der Waals surface area (Å²) in [6.07, 6.45) is 5.47. The summed E-state index contributed by atoms with van der Waals surface area (Å²) >= 11 is 0. The van der Waals surface area contributed by atoms with Crippen LogP contribution in [0.5, 0.6) is 0 Å². The number of rotatable bonds is 5. The minimum Gasteiger partial charge on any atom is -0.443 e. The summed E-state index contributed by atoms with van der Waals surface area (Å²) in [7, 11) is 0. The molecule has 0 saturated carbocycles. The molecule has 0 N–H and O–H groups in total. The van der Waals surface area contributed by atoms with Gasteiger partial charge in [-0.05, 0) is 13.8 Å². The standard InChI is InChI=1S/C15H23N3O2/c1-6-19-11(2)14-16-7-8-18(14)10-13-17-9-12(20-13)15(3,4)5/h7-9,11H,6,10H2,1-5H3/t11-/m0/s1. The first-order valence-corrected chi connectivity index (χ1v) is 6.99. The molecule has 0 aromatic carbocycles. The average molecular weight is 277 g/mol. The van der Waals surface area contributed by atoms with Gasteiger partial charge in [-0.1, -0.05) is 20.8 Å². The van der Waals surface area contributed by atoms with Gasteiger partial charge in [-0.25, -0.2) is 9.97 Å². The van der Waals surface area contributed by atoms with Crippen molar-refractivity contribution < 1.29 is 9.15 Å². The molecule has 1 atom stereocenters. The van der Waals surface area contributed by atoms with Gasteiger partial charge in [0.15, 0.2) is 0 Å². The molecule has 0 aliphatic rings. The van der Waals surface area contributed by atoms with E-state index in [1.165, 1.54) is 0 Å². The third-order valence-corrected chi connectivity index (χ3v) is 3.13. The summed E-state index contributed by atoms with van der Waals surface area (Å²) in [5, 5.41) is 0. The van der Waals surface area contributed by atoms with E-state index in [1.807, 2.05) is 24.6 Å². The fraction of sp³-hybridized carbons (Fsp3) is 0.600. The van der Waals surface area contributed by atoms with Crippen LogP contribution in [0, 0.1) is 0 Å². The SMILES string of the molecule is CCO[C@@H](C)c1nccn1Cc1ncc(C(C)(C)C)o1. The molecule has 5 nitrogen and oxygen atoms in total. The van der Waals surface area contributed by atoms with Crippen LogP contribution in [0.4, 0.5) is 0 Å². The van der Waals surface area contributed by atoms with Gasteiger partial charge in [-0.2, -0.15) is 0 Å². The molecule has 0 aliphatic heterocycles. The number of oxazole rings is 1. The van der Waals surface area contributed by atoms with Crippen molar-refractivity contribution in [2.75, 3.05) is 6.61 Å². The van der Waals surface area contributed by atoms with E-state index in [4.69, 9.17) is 9.15 Å². The number of hydrogen-bond acceptors (Lipinski definition) is 4. The Labute approximate surface area is 120 Å². The topological polar surface area (TPSA) is 53.1 Å². The van der Waals surface area contributed by atoms with E-state index in [0.29, 0.717) is 19.0 Å². The van der Waals surface area contributed by atoms with Crippen molar-refractivity contribution in [3.63, 3.8) is 0 Å². The van der Waals surface area contributed by atoms with Crippen LogP contribution in [0.2, 0.25) is 0 Å². The fourth-order valence-corrected chi connectivity index (χ4v) is 2.01. The average Bonchev–Trinajstić information content (AvgIpc) is 2.98. The van der Waals surface area contributed by atoms with E-state index in [2.05, 4.69) is 30.7 Å². The van der Waals surface area contributed by atoms with Crippen molar-refractivity contribution in [2.24, 2.45) is 0 Å². The Morgan fingerprint density at radius 2 is 2.10 bits per heavy atom. The van der Waals surface area contributed by atoms with Crippen molar-refractivity contribution in [2.45, 2.75) is 52.7 Å². The Morgan fingerprint density at radius 1 is 1.35 bits per heavy atom. The Morgan fingerprint density at radius 3 is 2.70 bits per heavy atom. The maximum Gasteiger partial charge on any atom is 0.214 e. The number of hydrogen-bond donors (Lipinski definition) is 0. The van der Waals surface area contributed by atoms with Crippen LogP contribution in [0.3, 0.4) is 0 Å². The van der Waals surface area contributed by atoms with Gasteiger partial charge in [0, 0.05) is 24.4 Å². The molecule has 2 rings (SSSR count). The Balaban J connectivity index is 2.15. The molecule has 2 heterocycles. The van der Waals surface area contributed by atoms with Gasteiger partial charge in [0.2, 0.25) is 5.89 Å². The fourth-order valence-electron chi connectivity index (χ4n) is 2.01. The maximum atomic E-state index is 5.82. The lowest BCUT2D eigenvalue weighted by Crippen LogP contribution is -2.11. The minimum absolute atomic E-state index is 0.0262. The predicted octanol–water partition coefficient (Wildman–Crippen LogP) is 3.31. The van der Waals surface area contributed by atoms with Crippen LogP contribution >= 0.6 is 0 Å². The zero-order valence-corrected chi connectivity index (χ0v) is 12.9. The predicted molar refractivity (Wildman–Crippen MR) is 76.6 cm³/mol. The number of nitrogens with zero attached hydrogens (tertiary/aromatic N) is 3. The van der Waals surface area contributed by atoms with Crippen molar-refractivity contribution in [3.05, 3.63) is 36.1 Å². The van der Waals surface area contributed by atoms with Crippen molar-refractivity contribution in [3.8, 4) is 0 Å². The van der Waals surface area contributed by atoms with Crippen molar-refractivity contribution >= 4 is 0 Å². The monoisotopic (exact) mass is 277 g/mol. The van der Waals surface area contributed by atoms with E-state index in [9.17, 15) is 0 Å². The maximum absolute atomic E-state index is 5.82. The normalized spacial score (nSPS) is 13.7. The summed E-state index contributed by atoms with van der Waals surface area (Å²) in [4.78, 5) is 8.70. The highest BCUT2D eigenvalue weighted by Gasteiger charge is 2.20. The lowest BCUT2D eigenvalue weighted by atomic mass is 9.94. The van der Waals surface area contributed by atoms with Gasteiger partial charge in [0.25, 0.3) is 0 Å². The molecule has 110 valence electrons. The minimum atomic E-state index is -0.0351. The summed E-state index contributed by atoms with van der Waals surface area (Å²) in [5.41, 5.74) is -0.0262. The third-order valence-electron chi connectivity index (χ3n) is 3.13. The summed E-state index contributed by atoms with van der Waals surface area (Å²) < 4.78 is 13.4. The van der Waals surface area contributed by atoms with Crippen LogP contribution in [0.15, 0.2) is 23.0 Å². The number of aromatic nitrogens is 3. The highest BCUT2D eigenvalue weighted by atomic mass is 16.5.